The average molecular weight is 487 g/mol. The quantitative estimate of drug-likeness (QED) is 0.305. The fraction of sp³-hybridized carbons (Fsp3) is 0.0909. The normalized spacial score (nSPS) is 11.1. The van der Waals surface area contributed by atoms with E-state index in [0.717, 1.165) is 16.4 Å². The molecule has 0 aliphatic rings. The summed E-state index contributed by atoms with van der Waals surface area (Å²) in [7, 11) is 0. The highest BCUT2D eigenvalue weighted by Crippen LogP contribution is 2.19. The summed E-state index contributed by atoms with van der Waals surface area (Å²) in [6.07, 6.45) is 1.65. The number of nitrogens with zero attached hydrogens (tertiary/aromatic N) is 2. The predicted molar refractivity (Wildman–Crippen MR) is 89.9 cm³/mol. The molecule has 0 fully saturated rings. The Morgan fingerprint density at radius 3 is 2.61 bits per heavy atom. The molecule has 0 atom stereocenters. The first-order valence-electron chi connectivity index (χ1n) is 4.92. The van der Waals surface area contributed by atoms with Crippen molar-refractivity contribution >= 4 is 67.9 Å². The molecule has 18 heavy (non-hydrogen) atoms. The number of hydrazone groups is 1. The van der Waals surface area contributed by atoms with Gasteiger partial charge in [-0.1, -0.05) is 0 Å². The number of anilines is 1. The lowest BCUT2D eigenvalue weighted by Gasteiger charge is -2.00. The average Bonchev–Trinajstić information content (AvgIpc) is 2.72. The minimum Gasteiger partial charge on any atom is -0.253 e. The van der Waals surface area contributed by atoms with Crippen molar-refractivity contribution in [2.45, 2.75) is 6.92 Å². The van der Waals surface area contributed by atoms with Gasteiger partial charge in [-0.05, 0) is 69.8 Å². The van der Waals surface area contributed by atoms with Gasteiger partial charge in [-0.3, -0.25) is 5.43 Å². The maximum Gasteiger partial charge on any atom is 0.203 e. The Hall–Kier alpha value is -0.290. The molecule has 0 bridgehead atoms. The summed E-state index contributed by atoms with van der Waals surface area (Å²) >= 11 is 5.43. The summed E-state index contributed by atoms with van der Waals surface area (Å²) in [6.45, 7) is 1.93. The van der Waals surface area contributed by atoms with Gasteiger partial charge in [-0.25, -0.2) is 9.37 Å². The van der Waals surface area contributed by atoms with E-state index in [1.807, 2.05) is 57.5 Å². The van der Waals surface area contributed by atoms with Crippen LogP contribution in [0.2, 0.25) is 0 Å². The Balaban J connectivity index is 2.09. The molecule has 0 amide bonds. The Bertz CT molecular complexity index is 575. The van der Waals surface area contributed by atoms with E-state index in [2.05, 4.69) is 15.5 Å². The first kappa shape index (κ1) is 14.1. The highest BCUT2D eigenvalue weighted by Gasteiger charge is 2.05. The molecule has 0 spiro atoms. The van der Waals surface area contributed by atoms with Gasteiger partial charge in [0.1, 0.15) is 5.82 Å². The van der Waals surface area contributed by atoms with Crippen molar-refractivity contribution in [3.05, 3.63) is 41.7 Å². The van der Waals surface area contributed by atoms with Gasteiger partial charge in [0.05, 0.1) is 19.0 Å². The monoisotopic (exact) mass is 487 g/mol. The lowest BCUT2D eigenvalue weighted by molar-refractivity contribution is 0.612. The molecule has 0 saturated carbocycles. The number of aromatic nitrogens is 1. The van der Waals surface area contributed by atoms with Crippen molar-refractivity contribution < 1.29 is 4.39 Å². The molecule has 1 aromatic carbocycles. The topological polar surface area (TPSA) is 37.3 Å². The van der Waals surface area contributed by atoms with Crippen LogP contribution in [0.1, 0.15) is 11.3 Å². The van der Waals surface area contributed by atoms with Gasteiger partial charge in [0, 0.05) is 5.38 Å². The summed E-state index contributed by atoms with van der Waals surface area (Å²) in [5, 5.41) is 6.77. The fourth-order valence-corrected chi connectivity index (χ4v) is 3.67. The number of halogens is 3. The van der Waals surface area contributed by atoms with E-state index in [0.29, 0.717) is 7.14 Å². The lowest BCUT2D eigenvalue weighted by atomic mass is 10.2. The third-order valence-corrected chi connectivity index (χ3v) is 4.43. The largest absolute Gasteiger partial charge is 0.253 e. The summed E-state index contributed by atoms with van der Waals surface area (Å²) in [6, 6.07) is 3.49. The second-order valence-electron chi connectivity index (χ2n) is 3.46. The summed E-state index contributed by atoms with van der Waals surface area (Å²) in [4.78, 5) is 4.22. The smallest absolute Gasteiger partial charge is 0.203 e. The zero-order chi connectivity index (χ0) is 13.1. The van der Waals surface area contributed by atoms with Crippen LogP contribution in [-0.4, -0.2) is 11.2 Å². The molecule has 7 heteroatoms. The molecular formula is C11H8FI2N3S. The highest BCUT2D eigenvalue weighted by atomic mass is 127. The number of hydrogen-bond acceptors (Lipinski definition) is 4. The minimum absolute atomic E-state index is 0.183. The summed E-state index contributed by atoms with van der Waals surface area (Å²) < 4.78 is 14.6. The molecule has 1 N–H and O–H groups in total. The SMILES string of the molecule is Cc1csc(NN=Cc2cc(I)c(F)c(I)c2)n1. The van der Waals surface area contributed by atoms with Crippen LogP contribution in [-0.2, 0) is 0 Å². The van der Waals surface area contributed by atoms with E-state index >= 15 is 0 Å². The summed E-state index contributed by atoms with van der Waals surface area (Å²) in [5.41, 5.74) is 4.66. The lowest BCUT2D eigenvalue weighted by Crippen LogP contribution is -1.94. The molecule has 0 aliphatic carbocycles. The molecule has 0 aliphatic heterocycles. The fourth-order valence-electron chi connectivity index (χ4n) is 1.22. The van der Waals surface area contributed by atoms with Crippen molar-refractivity contribution in [3.8, 4) is 0 Å². The van der Waals surface area contributed by atoms with Gasteiger partial charge in [0.25, 0.3) is 0 Å². The Labute approximate surface area is 135 Å². The molecule has 0 saturated heterocycles. The molecule has 3 nitrogen and oxygen atoms in total. The van der Waals surface area contributed by atoms with E-state index in [1.54, 1.807) is 18.3 Å². The highest BCUT2D eigenvalue weighted by molar-refractivity contribution is 14.1. The van der Waals surface area contributed by atoms with Crippen LogP contribution in [0.25, 0.3) is 0 Å². The Morgan fingerprint density at radius 2 is 2.06 bits per heavy atom. The predicted octanol–water partition coefficient (Wildman–Crippen LogP) is 4.25. The van der Waals surface area contributed by atoms with Crippen molar-refractivity contribution in [2.24, 2.45) is 5.10 Å². The number of aryl methyl sites for hydroxylation is 1. The van der Waals surface area contributed by atoms with Gasteiger partial charge < -0.3 is 0 Å². The van der Waals surface area contributed by atoms with Crippen LogP contribution >= 0.6 is 56.5 Å². The van der Waals surface area contributed by atoms with Gasteiger partial charge in [0.15, 0.2) is 0 Å². The zero-order valence-electron chi connectivity index (χ0n) is 9.25. The molecule has 94 valence electrons. The van der Waals surface area contributed by atoms with Crippen LogP contribution in [0.15, 0.2) is 22.6 Å². The number of hydrogen-bond donors (Lipinski definition) is 1. The van der Waals surface area contributed by atoms with Crippen LogP contribution in [0.4, 0.5) is 9.52 Å². The molecular weight excluding hydrogens is 479 g/mol. The van der Waals surface area contributed by atoms with Gasteiger partial charge >= 0.3 is 0 Å². The van der Waals surface area contributed by atoms with Crippen LogP contribution < -0.4 is 5.43 Å². The van der Waals surface area contributed by atoms with E-state index in [-0.39, 0.29) is 5.82 Å². The third-order valence-electron chi connectivity index (χ3n) is 2.00. The first-order valence-corrected chi connectivity index (χ1v) is 7.95. The minimum atomic E-state index is -0.183. The van der Waals surface area contributed by atoms with Gasteiger partial charge in [-0.15, -0.1) is 11.3 Å². The van der Waals surface area contributed by atoms with Crippen molar-refractivity contribution in [1.29, 1.82) is 0 Å². The Morgan fingerprint density at radius 1 is 1.39 bits per heavy atom. The molecule has 0 radical (unpaired) electrons. The van der Waals surface area contributed by atoms with Crippen molar-refractivity contribution in [3.63, 3.8) is 0 Å². The molecule has 2 rings (SSSR count). The van der Waals surface area contributed by atoms with Crippen LogP contribution in [0.3, 0.4) is 0 Å². The van der Waals surface area contributed by atoms with Crippen LogP contribution in [0, 0.1) is 19.9 Å². The van der Waals surface area contributed by atoms with Gasteiger partial charge in [-0.2, -0.15) is 5.10 Å². The zero-order valence-corrected chi connectivity index (χ0v) is 14.4. The Kier molecular flexibility index (Phi) is 4.90. The number of nitrogens with one attached hydrogen (secondary N) is 1. The molecule has 0 unspecified atom stereocenters. The number of rotatable bonds is 3. The van der Waals surface area contributed by atoms with E-state index < -0.39 is 0 Å². The molecule has 1 aromatic heterocycles. The maximum atomic E-state index is 13.4. The summed E-state index contributed by atoms with van der Waals surface area (Å²) in [5.74, 6) is -0.183. The van der Waals surface area contributed by atoms with E-state index in [4.69, 9.17) is 0 Å². The second kappa shape index (κ2) is 6.24. The third kappa shape index (κ3) is 3.60. The second-order valence-corrected chi connectivity index (χ2v) is 6.65. The number of thiazole rings is 1. The van der Waals surface area contributed by atoms with Crippen molar-refractivity contribution in [2.75, 3.05) is 5.43 Å². The first-order chi connectivity index (χ1) is 8.56. The molecule has 1 heterocycles. The maximum absolute atomic E-state index is 13.4. The van der Waals surface area contributed by atoms with E-state index in [9.17, 15) is 4.39 Å². The molecule has 2 aromatic rings. The number of benzene rings is 1. The van der Waals surface area contributed by atoms with Crippen LogP contribution in [0.5, 0.6) is 0 Å². The van der Waals surface area contributed by atoms with Crippen molar-refractivity contribution in [1.82, 2.24) is 4.98 Å². The van der Waals surface area contributed by atoms with E-state index in [1.165, 1.54) is 11.3 Å². The van der Waals surface area contributed by atoms with Gasteiger partial charge in [0.2, 0.25) is 5.13 Å². The standard InChI is InChI=1S/C11H8FI2N3S/c1-6-5-18-11(16-6)17-15-4-7-2-8(13)10(12)9(14)3-7/h2-5H,1H3,(H,16,17).